The van der Waals surface area contributed by atoms with Gasteiger partial charge in [-0.15, -0.1) is 5.10 Å². The monoisotopic (exact) mass is 323 g/mol. The fourth-order valence-electron chi connectivity index (χ4n) is 3.40. The lowest BCUT2D eigenvalue weighted by molar-refractivity contribution is 0.410. The first-order valence-electron chi connectivity index (χ1n) is 8.37. The number of benzene rings is 1. The number of hydrogen-bond donors (Lipinski definition) is 0. The maximum atomic E-state index is 12.5. The molecule has 0 bridgehead atoms. The van der Waals surface area contributed by atoms with E-state index in [4.69, 9.17) is 0 Å². The molecule has 3 aromatic rings. The van der Waals surface area contributed by atoms with Crippen LogP contribution in [0.25, 0.3) is 10.8 Å². The first-order valence-corrected chi connectivity index (χ1v) is 8.37. The molecule has 24 heavy (non-hydrogen) atoms. The zero-order valence-corrected chi connectivity index (χ0v) is 13.8. The van der Waals surface area contributed by atoms with Crippen LogP contribution in [0, 0.1) is 0 Å². The summed E-state index contributed by atoms with van der Waals surface area (Å²) in [5.74, 6) is 0.479. The molecule has 2 aromatic heterocycles. The molecule has 6 heteroatoms. The van der Waals surface area contributed by atoms with E-state index in [1.165, 1.54) is 0 Å². The summed E-state index contributed by atoms with van der Waals surface area (Å²) in [6.07, 6.45) is 5.02. The highest BCUT2D eigenvalue weighted by Gasteiger charge is 2.23. The summed E-state index contributed by atoms with van der Waals surface area (Å²) >= 11 is 0. The second-order valence-electron chi connectivity index (χ2n) is 6.56. The first kappa shape index (κ1) is 15.1. The van der Waals surface area contributed by atoms with Crippen LogP contribution in [0.5, 0.6) is 0 Å². The van der Waals surface area contributed by atoms with E-state index in [0.717, 1.165) is 36.0 Å². The second kappa shape index (κ2) is 6.20. The average molecular weight is 323 g/mol. The quantitative estimate of drug-likeness (QED) is 0.733. The smallest absolute Gasteiger partial charge is 0.258 e. The van der Waals surface area contributed by atoms with Crippen molar-refractivity contribution in [3.63, 3.8) is 0 Å². The predicted molar refractivity (Wildman–Crippen MR) is 93.1 cm³/mol. The SMILES string of the molecule is CN1CCC(c2cn(CCn3ccc4ccccc4c3=O)nn2)C1. The van der Waals surface area contributed by atoms with E-state index in [1.807, 2.05) is 47.4 Å². The van der Waals surface area contributed by atoms with Gasteiger partial charge in [0, 0.05) is 36.8 Å². The molecule has 0 spiro atoms. The highest BCUT2D eigenvalue weighted by molar-refractivity contribution is 5.81. The lowest BCUT2D eigenvalue weighted by atomic mass is 10.1. The lowest BCUT2D eigenvalue weighted by Gasteiger charge is -2.07. The predicted octanol–water partition coefficient (Wildman–Crippen LogP) is 1.71. The number of likely N-dealkylation sites (tertiary alicyclic amines) is 1. The van der Waals surface area contributed by atoms with Crippen molar-refractivity contribution in [2.45, 2.75) is 25.4 Å². The van der Waals surface area contributed by atoms with Crippen LogP contribution in [-0.4, -0.2) is 44.6 Å². The third kappa shape index (κ3) is 2.85. The summed E-state index contributed by atoms with van der Waals surface area (Å²) in [6.45, 7) is 3.40. The minimum Gasteiger partial charge on any atom is -0.313 e. The number of rotatable bonds is 4. The Morgan fingerprint density at radius 1 is 1.21 bits per heavy atom. The highest BCUT2D eigenvalue weighted by atomic mass is 16.1. The fraction of sp³-hybridized carbons (Fsp3) is 0.389. The molecule has 3 heterocycles. The van der Waals surface area contributed by atoms with Gasteiger partial charge >= 0.3 is 0 Å². The number of pyridine rings is 1. The van der Waals surface area contributed by atoms with Crippen molar-refractivity contribution < 1.29 is 0 Å². The topological polar surface area (TPSA) is 56.0 Å². The van der Waals surface area contributed by atoms with Gasteiger partial charge in [0.25, 0.3) is 5.56 Å². The minimum atomic E-state index is 0.0471. The Kier molecular flexibility index (Phi) is 3.90. The molecule has 1 aromatic carbocycles. The van der Waals surface area contributed by atoms with E-state index in [0.29, 0.717) is 19.0 Å². The molecule has 0 N–H and O–H groups in total. The van der Waals surface area contributed by atoms with Crippen molar-refractivity contribution in [1.29, 1.82) is 0 Å². The molecule has 4 rings (SSSR count). The van der Waals surface area contributed by atoms with Crippen molar-refractivity contribution in [2.24, 2.45) is 0 Å². The molecule has 0 radical (unpaired) electrons. The van der Waals surface area contributed by atoms with Gasteiger partial charge in [0.15, 0.2) is 0 Å². The Labute approximate surface area is 140 Å². The van der Waals surface area contributed by atoms with Crippen LogP contribution in [0.1, 0.15) is 18.0 Å². The van der Waals surface area contributed by atoms with Gasteiger partial charge in [-0.25, -0.2) is 0 Å². The van der Waals surface area contributed by atoms with Crippen molar-refractivity contribution >= 4 is 10.8 Å². The summed E-state index contributed by atoms with van der Waals surface area (Å²) in [7, 11) is 2.14. The Bertz CT molecular complexity index is 913. The molecule has 1 saturated heterocycles. The van der Waals surface area contributed by atoms with Crippen molar-refractivity contribution in [2.75, 3.05) is 20.1 Å². The molecule has 6 nitrogen and oxygen atoms in total. The summed E-state index contributed by atoms with van der Waals surface area (Å²) in [4.78, 5) is 14.8. The molecule has 1 unspecified atom stereocenters. The van der Waals surface area contributed by atoms with E-state index in [2.05, 4.69) is 22.3 Å². The molecule has 124 valence electrons. The van der Waals surface area contributed by atoms with Gasteiger partial charge in [-0.2, -0.15) is 0 Å². The number of fused-ring (bicyclic) bond motifs is 1. The Balaban J connectivity index is 1.48. The second-order valence-corrected chi connectivity index (χ2v) is 6.56. The summed E-state index contributed by atoms with van der Waals surface area (Å²) in [5.41, 5.74) is 1.11. The van der Waals surface area contributed by atoms with Crippen molar-refractivity contribution in [3.05, 3.63) is 58.8 Å². The fourth-order valence-corrected chi connectivity index (χ4v) is 3.40. The van der Waals surface area contributed by atoms with Gasteiger partial charge in [0.05, 0.1) is 12.2 Å². The highest BCUT2D eigenvalue weighted by Crippen LogP contribution is 2.23. The molecule has 0 saturated carbocycles. The van der Waals surface area contributed by atoms with Gasteiger partial charge in [0.2, 0.25) is 0 Å². The third-order valence-corrected chi connectivity index (χ3v) is 4.82. The summed E-state index contributed by atoms with van der Waals surface area (Å²) in [5, 5.41) is 10.3. The largest absolute Gasteiger partial charge is 0.313 e. The van der Waals surface area contributed by atoms with Crippen LogP contribution in [0.4, 0.5) is 0 Å². The third-order valence-electron chi connectivity index (χ3n) is 4.82. The number of nitrogens with zero attached hydrogens (tertiary/aromatic N) is 5. The number of likely N-dealkylation sites (N-methyl/N-ethyl adjacent to an activating group) is 1. The van der Waals surface area contributed by atoms with Crippen molar-refractivity contribution in [3.8, 4) is 0 Å². The molecule has 1 fully saturated rings. The van der Waals surface area contributed by atoms with Gasteiger partial charge < -0.3 is 9.47 Å². The van der Waals surface area contributed by atoms with Crippen LogP contribution >= 0.6 is 0 Å². The average Bonchev–Trinajstić information content (AvgIpc) is 3.23. The molecule has 0 aliphatic carbocycles. The van der Waals surface area contributed by atoms with Gasteiger partial charge in [0.1, 0.15) is 0 Å². The molecular formula is C18H21N5O. The number of hydrogen-bond acceptors (Lipinski definition) is 4. The molecular weight excluding hydrogens is 302 g/mol. The summed E-state index contributed by atoms with van der Waals surface area (Å²) in [6, 6.07) is 9.67. The van der Waals surface area contributed by atoms with Crippen LogP contribution in [0.2, 0.25) is 0 Å². The zero-order valence-electron chi connectivity index (χ0n) is 13.8. The number of aromatic nitrogens is 4. The van der Waals surface area contributed by atoms with Crippen LogP contribution in [-0.2, 0) is 13.1 Å². The molecule has 0 amide bonds. The zero-order chi connectivity index (χ0) is 16.5. The molecule has 1 aliphatic heterocycles. The van der Waals surface area contributed by atoms with Gasteiger partial charge in [-0.3, -0.25) is 9.48 Å². The van der Waals surface area contributed by atoms with E-state index in [1.54, 1.807) is 4.57 Å². The molecule has 1 aliphatic rings. The lowest BCUT2D eigenvalue weighted by Crippen LogP contribution is -2.22. The minimum absolute atomic E-state index is 0.0471. The summed E-state index contributed by atoms with van der Waals surface area (Å²) < 4.78 is 3.59. The van der Waals surface area contributed by atoms with E-state index < -0.39 is 0 Å². The van der Waals surface area contributed by atoms with Crippen LogP contribution < -0.4 is 5.56 Å². The van der Waals surface area contributed by atoms with Gasteiger partial charge in [-0.05, 0) is 37.5 Å². The van der Waals surface area contributed by atoms with Crippen molar-refractivity contribution in [1.82, 2.24) is 24.5 Å². The Morgan fingerprint density at radius 3 is 2.92 bits per heavy atom. The standard InChI is InChI=1S/C18H21N5O/c1-21-8-6-15(12-21)17-13-23(20-19-17)11-10-22-9-7-14-4-2-3-5-16(14)18(22)24/h2-5,7,9,13,15H,6,8,10-12H2,1H3. The normalized spacial score (nSPS) is 18.5. The first-order chi connectivity index (χ1) is 11.7. The Morgan fingerprint density at radius 2 is 2.08 bits per heavy atom. The van der Waals surface area contributed by atoms with Gasteiger partial charge in [-0.1, -0.05) is 23.4 Å². The molecule has 1 atom stereocenters. The maximum Gasteiger partial charge on any atom is 0.258 e. The Hall–Kier alpha value is -2.47. The van der Waals surface area contributed by atoms with E-state index in [9.17, 15) is 4.79 Å². The maximum absolute atomic E-state index is 12.5. The van der Waals surface area contributed by atoms with Crippen LogP contribution in [0.15, 0.2) is 47.5 Å². The van der Waals surface area contributed by atoms with Crippen LogP contribution in [0.3, 0.4) is 0 Å². The number of aryl methyl sites for hydroxylation is 2. The van der Waals surface area contributed by atoms with E-state index in [-0.39, 0.29) is 5.56 Å². The van der Waals surface area contributed by atoms with E-state index >= 15 is 0 Å².